The van der Waals surface area contributed by atoms with Crippen LogP contribution in [0.1, 0.15) is 27.9 Å². The molecule has 3 heterocycles. The molecule has 0 bridgehead atoms. The van der Waals surface area contributed by atoms with Crippen molar-refractivity contribution in [1.82, 2.24) is 9.88 Å². The molecule has 112 valence electrons. The second-order valence-corrected chi connectivity index (χ2v) is 8.08. The Labute approximate surface area is 132 Å². The zero-order valence-corrected chi connectivity index (χ0v) is 14.1. The number of aromatic nitrogens is 1. The van der Waals surface area contributed by atoms with Crippen molar-refractivity contribution >= 4 is 44.9 Å². The molecule has 1 saturated heterocycles. The lowest BCUT2D eigenvalue weighted by Crippen LogP contribution is -2.40. The molecule has 1 aliphatic rings. The summed E-state index contributed by atoms with van der Waals surface area (Å²) in [5.74, 6) is 1.05. The van der Waals surface area contributed by atoms with Gasteiger partial charge >= 0.3 is 0 Å². The van der Waals surface area contributed by atoms with E-state index in [1.165, 1.54) is 11.3 Å². The largest absolute Gasteiger partial charge is 0.397 e. The second kappa shape index (κ2) is 5.50. The molecule has 4 nitrogen and oxygen atoms in total. The van der Waals surface area contributed by atoms with Crippen LogP contribution in [0.15, 0.2) is 6.07 Å². The summed E-state index contributed by atoms with van der Waals surface area (Å²) in [7, 11) is 0. The Kier molecular flexibility index (Phi) is 3.84. The molecular weight excluding hydrogens is 302 g/mol. The Balaban J connectivity index is 2.02. The number of anilines is 1. The van der Waals surface area contributed by atoms with E-state index in [9.17, 15) is 4.79 Å². The van der Waals surface area contributed by atoms with E-state index < -0.39 is 0 Å². The van der Waals surface area contributed by atoms with Crippen molar-refractivity contribution in [2.24, 2.45) is 0 Å². The monoisotopic (exact) mass is 321 g/mol. The minimum Gasteiger partial charge on any atom is -0.397 e. The van der Waals surface area contributed by atoms with Crippen LogP contribution in [-0.4, -0.2) is 39.9 Å². The summed E-state index contributed by atoms with van der Waals surface area (Å²) in [5.41, 5.74) is 8.90. The molecule has 1 atom stereocenters. The van der Waals surface area contributed by atoms with E-state index in [1.54, 1.807) is 0 Å². The van der Waals surface area contributed by atoms with Crippen molar-refractivity contribution in [1.29, 1.82) is 0 Å². The molecule has 1 aliphatic heterocycles. The SMILES string of the molecule is Cc1cc(C)c2c(N)c(C(=O)N3CCSC(C)C3)sc2n1. The molecule has 2 N–H and O–H groups in total. The summed E-state index contributed by atoms with van der Waals surface area (Å²) in [6.45, 7) is 7.74. The zero-order valence-electron chi connectivity index (χ0n) is 12.5. The third kappa shape index (κ3) is 2.62. The summed E-state index contributed by atoms with van der Waals surface area (Å²) >= 11 is 3.34. The molecule has 0 aromatic carbocycles. The van der Waals surface area contributed by atoms with E-state index in [4.69, 9.17) is 5.73 Å². The van der Waals surface area contributed by atoms with Gasteiger partial charge in [-0.25, -0.2) is 4.98 Å². The molecule has 0 aliphatic carbocycles. The fourth-order valence-corrected chi connectivity index (χ4v) is 4.97. The normalized spacial score (nSPS) is 19.2. The number of amides is 1. The van der Waals surface area contributed by atoms with Gasteiger partial charge in [0.2, 0.25) is 0 Å². The first-order valence-electron chi connectivity index (χ1n) is 7.04. The summed E-state index contributed by atoms with van der Waals surface area (Å²) in [5, 5.41) is 1.42. The van der Waals surface area contributed by atoms with Crippen molar-refractivity contribution < 1.29 is 4.79 Å². The molecule has 2 aromatic heterocycles. The lowest BCUT2D eigenvalue weighted by molar-refractivity contribution is 0.0769. The quantitative estimate of drug-likeness (QED) is 0.877. The predicted octanol–water partition coefficient (Wildman–Crippen LogP) is 3.07. The second-order valence-electron chi connectivity index (χ2n) is 5.54. The molecule has 0 spiro atoms. The summed E-state index contributed by atoms with van der Waals surface area (Å²) in [6, 6.07) is 2.01. The zero-order chi connectivity index (χ0) is 15.1. The maximum Gasteiger partial charge on any atom is 0.266 e. The number of nitrogen functional groups attached to an aromatic ring is 1. The van der Waals surface area contributed by atoms with E-state index in [0.717, 1.165) is 40.3 Å². The van der Waals surface area contributed by atoms with Crippen molar-refractivity contribution in [3.05, 3.63) is 22.2 Å². The highest BCUT2D eigenvalue weighted by Gasteiger charge is 2.26. The standard InChI is InChI=1S/C15H19N3OS2/c1-8-6-9(2)17-14-11(8)12(16)13(21-14)15(19)18-4-5-20-10(3)7-18/h6,10H,4-5,7,16H2,1-3H3. The third-order valence-corrected chi connectivity index (χ3v) is 5.97. The minimum atomic E-state index is 0.0553. The first-order valence-corrected chi connectivity index (χ1v) is 8.91. The van der Waals surface area contributed by atoms with Gasteiger partial charge in [0.1, 0.15) is 9.71 Å². The van der Waals surface area contributed by atoms with Crippen LogP contribution in [0.4, 0.5) is 5.69 Å². The number of thioether (sulfide) groups is 1. The smallest absolute Gasteiger partial charge is 0.266 e. The number of hydrogen-bond acceptors (Lipinski definition) is 5. The third-order valence-electron chi connectivity index (χ3n) is 3.75. The van der Waals surface area contributed by atoms with Gasteiger partial charge in [0.25, 0.3) is 5.91 Å². The van der Waals surface area contributed by atoms with E-state index in [1.807, 2.05) is 36.6 Å². The number of pyridine rings is 1. The number of hydrogen-bond donors (Lipinski definition) is 1. The van der Waals surface area contributed by atoms with Gasteiger partial charge in [-0.05, 0) is 25.5 Å². The van der Waals surface area contributed by atoms with E-state index in [2.05, 4.69) is 11.9 Å². The lowest BCUT2D eigenvalue weighted by atomic mass is 10.1. The van der Waals surface area contributed by atoms with Gasteiger partial charge < -0.3 is 10.6 Å². The van der Waals surface area contributed by atoms with Crippen LogP contribution in [0.5, 0.6) is 0 Å². The Morgan fingerprint density at radius 3 is 2.95 bits per heavy atom. The molecule has 2 aromatic rings. The number of rotatable bonds is 1. The lowest BCUT2D eigenvalue weighted by Gasteiger charge is -2.30. The molecule has 21 heavy (non-hydrogen) atoms. The van der Waals surface area contributed by atoms with Crippen LogP contribution < -0.4 is 5.73 Å². The van der Waals surface area contributed by atoms with Crippen LogP contribution in [0.3, 0.4) is 0 Å². The number of nitrogens with zero attached hydrogens (tertiary/aromatic N) is 2. The topological polar surface area (TPSA) is 59.2 Å². The highest BCUT2D eigenvalue weighted by Crippen LogP contribution is 2.36. The minimum absolute atomic E-state index is 0.0553. The number of fused-ring (bicyclic) bond motifs is 1. The highest BCUT2D eigenvalue weighted by molar-refractivity contribution is 7.99. The van der Waals surface area contributed by atoms with Crippen LogP contribution in [0.25, 0.3) is 10.2 Å². The van der Waals surface area contributed by atoms with Crippen molar-refractivity contribution in [2.75, 3.05) is 24.6 Å². The van der Waals surface area contributed by atoms with Gasteiger partial charge in [0, 0.05) is 35.2 Å². The maximum atomic E-state index is 12.8. The molecule has 0 radical (unpaired) electrons. The van der Waals surface area contributed by atoms with E-state index in [0.29, 0.717) is 15.8 Å². The Hall–Kier alpha value is -1.27. The number of carbonyl (C=O) groups excluding carboxylic acids is 1. The maximum absolute atomic E-state index is 12.8. The summed E-state index contributed by atoms with van der Waals surface area (Å²) < 4.78 is 0. The molecule has 0 saturated carbocycles. The first-order chi connectivity index (χ1) is 9.97. The van der Waals surface area contributed by atoms with Gasteiger partial charge in [0.05, 0.1) is 5.69 Å². The van der Waals surface area contributed by atoms with Crippen LogP contribution in [-0.2, 0) is 0 Å². The Bertz CT molecular complexity index is 710. The molecule has 1 amide bonds. The number of carbonyl (C=O) groups is 1. The fourth-order valence-electron chi connectivity index (χ4n) is 2.77. The molecule has 6 heteroatoms. The molecule has 1 fully saturated rings. The van der Waals surface area contributed by atoms with E-state index >= 15 is 0 Å². The summed E-state index contributed by atoms with van der Waals surface area (Å²) in [6.07, 6.45) is 0. The van der Waals surface area contributed by atoms with Gasteiger partial charge in [-0.15, -0.1) is 11.3 Å². The molecule has 3 rings (SSSR count). The number of thiophene rings is 1. The van der Waals surface area contributed by atoms with Gasteiger partial charge in [-0.3, -0.25) is 4.79 Å². The van der Waals surface area contributed by atoms with E-state index in [-0.39, 0.29) is 5.91 Å². The van der Waals surface area contributed by atoms with Crippen LogP contribution in [0.2, 0.25) is 0 Å². The van der Waals surface area contributed by atoms with Gasteiger partial charge in [-0.2, -0.15) is 11.8 Å². The Morgan fingerprint density at radius 2 is 2.24 bits per heavy atom. The molecular formula is C15H19N3OS2. The van der Waals surface area contributed by atoms with Crippen molar-refractivity contribution in [2.45, 2.75) is 26.0 Å². The fraction of sp³-hybridized carbons (Fsp3) is 0.467. The van der Waals surface area contributed by atoms with Gasteiger partial charge in [-0.1, -0.05) is 6.92 Å². The molecule has 1 unspecified atom stereocenters. The predicted molar refractivity (Wildman–Crippen MR) is 91.3 cm³/mol. The number of nitrogens with two attached hydrogens (primary N) is 1. The van der Waals surface area contributed by atoms with Gasteiger partial charge in [0.15, 0.2) is 0 Å². The van der Waals surface area contributed by atoms with Crippen molar-refractivity contribution in [3.8, 4) is 0 Å². The Morgan fingerprint density at radius 1 is 1.48 bits per heavy atom. The summed E-state index contributed by atoms with van der Waals surface area (Å²) in [4.78, 5) is 20.7. The average Bonchev–Trinajstić information content (AvgIpc) is 2.75. The average molecular weight is 321 g/mol. The number of aryl methyl sites for hydroxylation is 2. The van der Waals surface area contributed by atoms with Crippen LogP contribution in [0, 0.1) is 13.8 Å². The first kappa shape index (κ1) is 14.7. The van der Waals surface area contributed by atoms with Crippen LogP contribution >= 0.6 is 23.1 Å². The highest BCUT2D eigenvalue weighted by atomic mass is 32.2. The van der Waals surface area contributed by atoms with Crippen molar-refractivity contribution in [3.63, 3.8) is 0 Å².